The van der Waals surface area contributed by atoms with Crippen LogP contribution < -0.4 is 20.1 Å². The zero-order valence-corrected chi connectivity index (χ0v) is 17.8. The van der Waals surface area contributed by atoms with E-state index in [4.69, 9.17) is 9.47 Å². The van der Waals surface area contributed by atoms with E-state index >= 15 is 0 Å². The van der Waals surface area contributed by atoms with Crippen molar-refractivity contribution in [1.29, 1.82) is 0 Å². The Labute approximate surface area is 188 Å². The van der Waals surface area contributed by atoms with Crippen molar-refractivity contribution in [3.05, 3.63) is 83.9 Å². The number of ether oxygens (including phenoxy) is 2. The monoisotopic (exact) mass is 458 g/mol. The first-order valence-corrected chi connectivity index (χ1v) is 9.86. The Hall–Kier alpha value is -4.01. The van der Waals surface area contributed by atoms with E-state index in [9.17, 15) is 22.8 Å². The lowest BCUT2D eigenvalue weighted by Crippen LogP contribution is -2.30. The fourth-order valence-electron chi connectivity index (χ4n) is 2.89. The molecule has 1 unspecified atom stereocenters. The first-order chi connectivity index (χ1) is 15.7. The van der Waals surface area contributed by atoms with Gasteiger partial charge in [0.05, 0.1) is 12.7 Å². The van der Waals surface area contributed by atoms with Gasteiger partial charge in [0.1, 0.15) is 0 Å². The summed E-state index contributed by atoms with van der Waals surface area (Å²) < 4.78 is 49.3. The van der Waals surface area contributed by atoms with Crippen LogP contribution in [-0.2, 0) is 11.0 Å². The Morgan fingerprint density at radius 1 is 0.848 bits per heavy atom. The average Bonchev–Trinajstić information content (AvgIpc) is 2.79. The van der Waals surface area contributed by atoms with Gasteiger partial charge in [0.25, 0.3) is 11.8 Å². The average molecular weight is 458 g/mol. The number of amides is 2. The van der Waals surface area contributed by atoms with Gasteiger partial charge >= 0.3 is 6.18 Å². The smallest absolute Gasteiger partial charge is 0.416 e. The molecule has 6 nitrogen and oxygen atoms in total. The molecule has 0 fully saturated rings. The van der Waals surface area contributed by atoms with Gasteiger partial charge < -0.3 is 20.1 Å². The molecule has 172 valence electrons. The second-order valence-electron chi connectivity index (χ2n) is 7.01. The van der Waals surface area contributed by atoms with Crippen LogP contribution in [0.4, 0.5) is 24.5 Å². The molecule has 9 heteroatoms. The second kappa shape index (κ2) is 10.1. The summed E-state index contributed by atoms with van der Waals surface area (Å²) in [6.07, 6.45) is -5.34. The highest BCUT2D eigenvalue weighted by atomic mass is 19.4. The van der Waals surface area contributed by atoms with Crippen LogP contribution in [0.25, 0.3) is 0 Å². The Kier molecular flexibility index (Phi) is 7.22. The molecule has 3 aromatic rings. The van der Waals surface area contributed by atoms with Crippen molar-refractivity contribution < 1.29 is 32.2 Å². The van der Waals surface area contributed by atoms with E-state index in [1.807, 2.05) is 0 Å². The molecular formula is C24H21F3N2O4. The predicted octanol–water partition coefficient (Wildman–Crippen LogP) is 5.37. The number of halogens is 3. The Morgan fingerprint density at radius 2 is 1.52 bits per heavy atom. The van der Waals surface area contributed by atoms with Crippen molar-refractivity contribution in [1.82, 2.24) is 0 Å². The first-order valence-electron chi connectivity index (χ1n) is 9.86. The summed E-state index contributed by atoms with van der Waals surface area (Å²) in [6, 6.07) is 17.2. The minimum atomic E-state index is -4.51. The second-order valence-corrected chi connectivity index (χ2v) is 7.01. The van der Waals surface area contributed by atoms with Gasteiger partial charge in [-0.2, -0.15) is 13.2 Å². The van der Waals surface area contributed by atoms with Gasteiger partial charge in [-0.05, 0) is 61.5 Å². The molecule has 0 aliphatic carbocycles. The SMILES string of the molecule is COc1ccccc1OC(C)C(=O)Nc1ccc(C(=O)Nc2cccc(C(F)(F)F)c2)cc1. The number of alkyl halides is 3. The summed E-state index contributed by atoms with van der Waals surface area (Å²) in [6.45, 7) is 1.58. The standard InChI is InChI=1S/C24H21F3N2O4/c1-15(33-21-9-4-3-8-20(21)32-2)22(30)28-18-12-10-16(11-13-18)23(31)29-19-7-5-6-17(14-19)24(25,26)27/h3-15H,1-2H3,(H,28,30)(H,29,31). The van der Waals surface area contributed by atoms with E-state index < -0.39 is 29.7 Å². The molecule has 1 atom stereocenters. The summed E-state index contributed by atoms with van der Waals surface area (Å²) in [5, 5.41) is 5.11. The number of hydrogen-bond acceptors (Lipinski definition) is 4. The molecule has 0 radical (unpaired) electrons. The Morgan fingerprint density at radius 3 is 2.15 bits per heavy atom. The summed E-state index contributed by atoms with van der Waals surface area (Å²) in [7, 11) is 1.50. The lowest BCUT2D eigenvalue weighted by atomic mass is 10.1. The molecule has 0 aromatic heterocycles. The Balaban J connectivity index is 1.60. The van der Waals surface area contributed by atoms with Crippen LogP contribution in [0.2, 0.25) is 0 Å². The summed E-state index contributed by atoms with van der Waals surface area (Å²) >= 11 is 0. The highest BCUT2D eigenvalue weighted by Gasteiger charge is 2.30. The van der Waals surface area contributed by atoms with E-state index in [0.717, 1.165) is 12.1 Å². The minimum absolute atomic E-state index is 0.0227. The number of nitrogens with one attached hydrogen (secondary N) is 2. The van der Waals surface area contributed by atoms with Gasteiger partial charge in [-0.3, -0.25) is 9.59 Å². The molecule has 2 amide bonds. The molecule has 33 heavy (non-hydrogen) atoms. The number of hydrogen-bond donors (Lipinski definition) is 2. The molecule has 3 aromatic carbocycles. The van der Waals surface area contributed by atoms with Crippen molar-refractivity contribution in [3.63, 3.8) is 0 Å². The van der Waals surface area contributed by atoms with Crippen molar-refractivity contribution in [3.8, 4) is 11.5 Å². The van der Waals surface area contributed by atoms with E-state index in [0.29, 0.717) is 17.2 Å². The van der Waals surface area contributed by atoms with Crippen LogP contribution >= 0.6 is 0 Å². The van der Waals surface area contributed by atoms with Crippen molar-refractivity contribution in [2.24, 2.45) is 0 Å². The highest BCUT2D eigenvalue weighted by Crippen LogP contribution is 2.31. The lowest BCUT2D eigenvalue weighted by Gasteiger charge is -2.16. The number of para-hydroxylation sites is 2. The van der Waals surface area contributed by atoms with Crippen LogP contribution in [0.1, 0.15) is 22.8 Å². The number of anilines is 2. The number of carbonyl (C=O) groups excluding carboxylic acids is 2. The Bertz CT molecular complexity index is 1130. The molecule has 0 bridgehead atoms. The molecule has 0 heterocycles. The minimum Gasteiger partial charge on any atom is -0.493 e. The van der Waals surface area contributed by atoms with E-state index in [2.05, 4.69) is 10.6 Å². The van der Waals surface area contributed by atoms with Crippen LogP contribution in [0, 0.1) is 0 Å². The molecule has 2 N–H and O–H groups in total. The van der Waals surface area contributed by atoms with Crippen LogP contribution in [0.3, 0.4) is 0 Å². The highest BCUT2D eigenvalue weighted by molar-refractivity contribution is 6.04. The predicted molar refractivity (Wildman–Crippen MR) is 118 cm³/mol. The molecule has 3 rings (SSSR count). The summed E-state index contributed by atoms with van der Waals surface area (Å²) in [4.78, 5) is 24.8. The van der Waals surface area contributed by atoms with Gasteiger partial charge in [0, 0.05) is 16.9 Å². The van der Waals surface area contributed by atoms with Gasteiger partial charge in [-0.25, -0.2) is 0 Å². The summed E-state index contributed by atoms with van der Waals surface area (Å²) in [5.41, 5.74) is -0.202. The number of benzene rings is 3. The lowest BCUT2D eigenvalue weighted by molar-refractivity contribution is -0.137. The normalized spacial score (nSPS) is 11.9. The molecule has 0 spiro atoms. The topological polar surface area (TPSA) is 76.7 Å². The van der Waals surface area contributed by atoms with Crippen molar-refractivity contribution in [2.45, 2.75) is 19.2 Å². The molecule has 0 aliphatic heterocycles. The third kappa shape index (κ3) is 6.25. The number of methoxy groups -OCH3 is 1. The van der Waals surface area contributed by atoms with Crippen molar-refractivity contribution >= 4 is 23.2 Å². The maximum Gasteiger partial charge on any atom is 0.416 e. The van der Waals surface area contributed by atoms with E-state index in [1.165, 1.54) is 43.5 Å². The maximum absolute atomic E-state index is 12.8. The number of rotatable bonds is 7. The van der Waals surface area contributed by atoms with E-state index in [1.54, 1.807) is 31.2 Å². The third-order valence-electron chi connectivity index (χ3n) is 4.60. The van der Waals surface area contributed by atoms with Gasteiger partial charge in [-0.1, -0.05) is 18.2 Å². The van der Waals surface area contributed by atoms with Crippen LogP contribution in [-0.4, -0.2) is 25.0 Å². The molecule has 0 saturated heterocycles. The zero-order valence-electron chi connectivity index (χ0n) is 17.8. The molecule has 0 aliphatic rings. The third-order valence-corrected chi connectivity index (χ3v) is 4.60. The largest absolute Gasteiger partial charge is 0.493 e. The maximum atomic E-state index is 12.8. The summed E-state index contributed by atoms with van der Waals surface area (Å²) in [5.74, 6) is -0.0836. The molecule has 0 saturated carbocycles. The first kappa shape index (κ1) is 23.6. The molecular weight excluding hydrogens is 437 g/mol. The fraction of sp³-hybridized carbons (Fsp3) is 0.167. The van der Waals surface area contributed by atoms with Gasteiger partial charge in [0.2, 0.25) is 0 Å². The van der Waals surface area contributed by atoms with Crippen LogP contribution in [0.5, 0.6) is 11.5 Å². The zero-order chi connectivity index (χ0) is 24.0. The van der Waals surface area contributed by atoms with Crippen LogP contribution in [0.15, 0.2) is 72.8 Å². The van der Waals surface area contributed by atoms with Crippen molar-refractivity contribution in [2.75, 3.05) is 17.7 Å². The fourth-order valence-corrected chi connectivity index (χ4v) is 2.89. The van der Waals surface area contributed by atoms with E-state index in [-0.39, 0.29) is 11.3 Å². The van der Waals surface area contributed by atoms with Gasteiger partial charge in [-0.15, -0.1) is 0 Å². The quantitative estimate of drug-likeness (QED) is 0.499. The number of carbonyl (C=O) groups is 2. The van der Waals surface area contributed by atoms with Gasteiger partial charge in [0.15, 0.2) is 17.6 Å².